The largest absolute Gasteiger partial charge is 0.380 e. The summed E-state index contributed by atoms with van der Waals surface area (Å²) in [6, 6.07) is 3.18. The molecule has 6 heteroatoms. The van der Waals surface area contributed by atoms with Gasteiger partial charge in [-0.05, 0) is 26.8 Å². The quantitative estimate of drug-likeness (QED) is 0.607. The summed E-state index contributed by atoms with van der Waals surface area (Å²) in [4.78, 5) is 14.3. The predicted molar refractivity (Wildman–Crippen MR) is 65.2 cm³/mol. The maximum atomic E-state index is 10.6. The summed E-state index contributed by atoms with van der Waals surface area (Å²) < 4.78 is 5.26. The fourth-order valence-corrected chi connectivity index (χ4v) is 1.42. The van der Waals surface area contributed by atoms with Crippen molar-refractivity contribution in [2.24, 2.45) is 0 Å². The molecule has 0 aliphatic rings. The molecule has 1 heterocycles. The van der Waals surface area contributed by atoms with Gasteiger partial charge in [0.15, 0.2) is 0 Å². The van der Waals surface area contributed by atoms with Crippen molar-refractivity contribution in [2.45, 2.75) is 26.8 Å². The monoisotopic (exact) mass is 239 g/mol. The zero-order chi connectivity index (χ0) is 12.8. The van der Waals surface area contributed by atoms with E-state index in [0.717, 1.165) is 0 Å². The second kappa shape index (κ2) is 6.15. The van der Waals surface area contributed by atoms with Crippen molar-refractivity contribution in [3.8, 4) is 0 Å². The predicted octanol–water partition coefficient (Wildman–Crippen LogP) is 2.14. The third-order valence-electron chi connectivity index (χ3n) is 2.22. The third kappa shape index (κ3) is 3.99. The van der Waals surface area contributed by atoms with Crippen LogP contribution in [0, 0.1) is 17.0 Å². The molecule has 1 rings (SSSR count). The van der Waals surface area contributed by atoms with Gasteiger partial charge in [-0.2, -0.15) is 0 Å². The van der Waals surface area contributed by atoms with Gasteiger partial charge in [-0.25, -0.2) is 4.98 Å². The van der Waals surface area contributed by atoms with Crippen LogP contribution in [-0.4, -0.2) is 29.2 Å². The normalized spacial score (nSPS) is 12.2. The Morgan fingerprint density at radius 3 is 2.82 bits per heavy atom. The van der Waals surface area contributed by atoms with Gasteiger partial charge in [-0.15, -0.1) is 0 Å². The molecule has 0 amide bonds. The molecule has 6 nitrogen and oxygen atoms in total. The second-order valence-corrected chi connectivity index (χ2v) is 3.76. The number of pyridine rings is 1. The lowest BCUT2D eigenvalue weighted by Crippen LogP contribution is -2.22. The average Bonchev–Trinajstić information content (AvgIpc) is 2.26. The average molecular weight is 239 g/mol. The molecule has 0 bridgehead atoms. The van der Waals surface area contributed by atoms with Gasteiger partial charge in [0.1, 0.15) is 11.5 Å². The fraction of sp³-hybridized carbons (Fsp3) is 0.545. The van der Waals surface area contributed by atoms with Crippen molar-refractivity contribution in [1.82, 2.24) is 4.98 Å². The highest BCUT2D eigenvalue weighted by Crippen LogP contribution is 2.18. The molecular weight excluding hydrogens is 222 g/mol. The molecule has 0 radical (unpaired) electrons. The molecule has 0 fully saturated rings. The molecule has 0 saturated heterocycles. The molecular formula is C11H17N3O3. The van der Waals surface area contributed by atoms with Crippen molar-refractivity contribution in [1.29, 1.82) is 0 Å². The molecule has 94 valence electrons. The van der Waals surface area contributed by atoms with Crippen molar-refractivity contribution in [3.63, 3.8) is 0 Å². The number of anilines is 1. The van der Waals surface area contributed by atoms with Gasteiger partial charge in [0, 0.05) is 18.7 Å². The topological polar surface area (TPSA) is 77.3 Å². The highest BCUT2D eigenvalue weighted by Gasteiger charge is 2.12. The Morgan fingerprint density at radius 1 is 1.59 bits per heavy atom. The van der Waals surface area contributed by atoms with Gasteiger partial charge in [0.2, 0.25) is 0 Å². The van der Waals surface area contributed by atoms with Gasteiger partial charge < -0.3 is 10.1 Å². The lowest BCUT2D eigenvalue weighted by Gasteiger charge is -2.14. The number of aromatic nitrogens is 1. The molecule has 17 heavy (non-hydrogen) atoms. The molecule has 1 atom stereocenters. The number of hydrogen-bond donors (Lipinski definition) is 1. The Balaban J connectivity index is 2.67. The standard InChI is InChI=1S/C11H17N3O3/c1-4-17-7-8(2)12-11-6-5-10(14(15)16)9(3)13-11/h5-6,8H,4,7H2,1-3H3,(H,12,13). The molecule has 0 aliphatic heterocycles. The third-order valence-corrected chi connectivity index (χ3v) is 2.22. The van der Waals surface area contributed by atoms with Gasteiger partial charge in [0.25, 0.3) is 5.69 Å². The molecule has 0 spiro atoms. The Labute approximate surface area is 100 Å². The lowest BCUT2D eigenvalue weighted by molar-refractivity contribution is -0.385. The number of ether oxygens (including phenoxy) is 1. The number of nitro groups is 1. The number of rotatable bonds is 6. The van der Waals surface area contributed by atoms with Crippen LogP contribution in [0.5, 0.6) is 0 Å². The SMILES string of the molecule is CCOCC(C)Nc1ccc([N+](=O)[O-])c(C)n1. The summed E-state index contributed by atoms with van der Waals surface area (Å²) in [5.74, 6) is 0.625. The van der Waals surface area contributed by atoms with Crippen LogP contribution in [0.3, 0.4) is 0 Å². The maximum Gasteiger partial charge on any atom is 0.290 e. The van der Waals surface area contributed by atoms with Crippen molar-refractivity contribution in [2.75, 3.05) is 18.5 Å². The number of nitrogens with zero attached hydrogens (tertiary/aromatic N) is 2. The van der Waals surface area contributed by atoms with Crippen LogP contribution in [0.15, 0.2) is 12.1 Å². The van der Waals surface area contributed by atoms with E-state index in [9.17, 15) is 10.1 Å². The molecule has 1 aromatic heterocycles. The van der Waals surface area contributed by atoms with Crippen LogP contribution in [-0.2, 0) is 4.74 Å². The molecule has 0 aliphatic carbocycles. The zero-order valence-electron chi connectivity index (χ0n) is 10.3. The highest BCUT2D eigenvalue weighted by molar-refractivity contribution is 5.45. The van der Waals surface area contributed by atoms with E-state index in [4.69, 9.17) is 4.74 Å². The highest BCUT2D eigenvalue weighted by atomic mass is 16.6. The zero-order valence-corrected chi connectivity index (χ0v) is 10.3. The smallest absolute Gasteiger partial charge is 0.290 e. The lowest BCUT2D eigenvalue weighted by atomic mass is 10.3. The maximum absolute atomic E-state index is 10.6. The number of hydrogen-bond acceptors (Lipinski definition) is 5. The van der Waals surface area contributed by atoms with Crippen LogP contribution >= 0.6 is 0 Å². The van der Waals surface area contributed by atoms with E-state index in [0.29, 0.717) is 24.7 Å². The minimum atomic E-state index is -0.435. The van der Waals surface area contributed by atoms with Gasteiger partial charge in [-0.1, -0.05) is 0 Å². The number of nitrogens with one attached hydrogen (secondary N) is 1. The van der Waals surface area contributed by atoms with Gasteiger partial charge >= 0.3 is 0 Å². The molecule has 1 N–H and O–H groups in total. The minimum absolute atomic E-state index is 0.0352. The van der Waals surface area contributed by atoms with E-state index >= 15 is 0 Å². The van der Waals surface area contributed by atoms with Crippen LogP contribution in [0.1, 0.15) is 19.5 Å². The van der Waals surface area contributed by atoms with Crippen LogP contribution in [0.25, 0.3) is 0 Å². The van der Waals surface area contributed by atoms with E-state index < -0.39 is 4.92 Å². The summed E-state index contributed by atoms with van der Waals surface area (Å²) >= 11 is 0. The Bertz CT molecular complexity index is 396. The van der Waals surface area contributed by atoms with Crippen molar-refractivity contribution in [3.05, 3.63) is 27.9 Å². The minimum Gasteiger partial charge on any atom is -0.380 e. The van der Waals surface area contributed by atoms with E-state index in [-0.39, 0.29) is 11.7 Å². The van der Waals surface area contributed by atoms with Gasteiger partial charge in [0.05, 0.1) is 11.5 Å². The first-order valence-electron chi connectivity index (χ1n) is 5.51. The Hall–Kier alpha value is -1.69. The first-order valence-corrected chi connectivity index (χ1v) is 5.51. The molecule has 0 saturated carbocycles. The summed E-state index contributed by atoms with van der Waals surface area (Å²) in [7, 11) is 0. The molecule has 0 aromatic carbocycles. The van der Waals surface area contributed by atoms with E-state index in [1.165, 1.54) is 6.07 Å². The fourth-order valence-electron chi connectivity index (χ4n) is 1.42. The van der Waals surface area contributed by atoms with Crippen LogP contribution in [0.4, 0.5) is 11.5 Å². The summed E-state index contributed by atoms with van der Waals surface area (Å²) in [5.41, 5.74) is 0.441. The second-order valence-electron chi connectivity index (χ2n) is 3.76. The number of aryl methyl sites for hydroxylation is 1. The van der Waals surface area contributed by atoms with Crippen molar-refractivity contribution < 1.29 is 9.66 Å². The summed E-state index contributed by atoms with van der Waals surface area (Å²) in [6.07, 6.45) is 0. The Kier molecular flexibility index (Phi) is 4.84. The van der Waals surface area contributed by atoms with Crippen LogP contribution in [0.2, 0.25) is 0 Å². The molecule has 1 aromatic rings. The summed E-state index contributed by atoms with van der Waals surface area (Å²) in [5, 5.41) is 13.7. The Morgan fingerprint density at radius 2 is 2.29 bits per heavy atom. The van der Waals surface area contributed by atoms with Crippen molar-refractivity contribution >= 4 is 11.5 Å². The van der Waals surface area contributed by atoms with E-state index in [2.05, 4.69) is 10.3 Å². The molecule has 1 unspecified atom stereocenters. The first-order chi connectivity index (χ1) is 8.04. The van der Waals surface area contributed by atoms with Crippen LogP contribution < -0.4 is 5.32 Å². The van der Waals surface area contributed by atoms with E-state index in [1.807, 2.05) is 13.8 Å². The van der Waals surface area contributed by atoms with E-state index in [1.54, 1.807) is 13.0 Å². The summed E-state index contributed by atoms with van der Waals surface area (Å²) in [6.45, 7) is 6.76. The van der Waals surface area contributed by atoms with Gasteiger partial charge in [-0.3, -0.25) is 10.1 Å². The first kappa shape index (κ1) is 13.4.